The normalized spacial score (nSPS) is 21.4. The van der Waals surface area contributed by atoms with Crippen LogP contribution in [0.3, 0.4) is 0 Å². The molecule has 0 spiro atoms. The first-order chi connectivity index (χ1) is 8.78. The van der Waals surface area contributed by atoms with Crippen LogP contribution >= 0.6 is 0 Å². The smallest absolute Gasteiger partial charge is 0.254 e. The maximum absolute atomic E-state index is 13.6. The first kappa shape index (κ1) is 13.8. The molecule has 2 rings (SSSR count). The quantitative estimate of drug-likeness (QED) is 0.810. The Kier molecular flexibility index (Phi) is 3.47. The van der Waals surface area contributed by atoms with E-state index in [1.807, 2.05) is 0 Å². The number of benzene rings is 1. The van der Waals surface area contributed by atoms with Crippen LogP contribution in [-0.2, 0) is 0 Å². The lowest BCUT2D eigenvalue weighted by atomic mass is 9.92. The van der Waals surface area contributed by atoms with E-state index >= 15 is 0 Å². The van der Waals surface area contributed by atoms with Crippen molar-refractivity contribution in [2.75, 3.05) is 5.73 Å². The van der Waals surface area contributed by atoms with Gasteiger partial charge in [-0.25, -0.2) is 8.78 Å². The van der Waals surface area contributed by atoms with Crippen molar-refractivity contribution in [1.82, 2.24) is 5.32 Å². The SMILES string of the molecule is CC1(C)CCC(NC(=O)c2cc(N)c(F)cc2F)C1. The molecule has 0 bridgehead atoms. The summed E-state index contributed by atoms with van der Waals surface area (Å²) in [5.74, 6) is -2.27. The minimum atomic E-state index is -0.888. The van der Waals surface area contributed by atoms with Crippen molar-refractivity contribution >= 4 is 11.6 Å². The van der Waals surface area contributed by atoms with Gasteiger partial charge in [-0.15, -0.1) is 0 Å². The van der Waals surface area contributed by atoms with E-state index in [0.717, 1.165) is 25.3 Å². The summed E-state index contributed by atoms with van der Waals surface area (Å²) in [5, 5.41) is 2.78. The number of nitrogen functional groups attached to an aromatic ring is 1. The van der Waals surface area contributed by atoms with Gasteiger partial charge in [-0.3, -0.25) is 4.79 Å². The zero-order valence-electron chi connectivity index (χ0n) is 11.1. The van der Waals surface area contributed by atoms with Crippen LogP contribution in [0.4, 0.5) is 14.5 Å². The van der Waals surface area contributed by atoms with E-state index in [0.29, 0.717) is 6.07 Å². The molecule has 0 radical (unpaired) electrons. The van der Waals surface area contributed by atoms with Crippen LogP contribution < -0.4 is 11.1 Å². The maximum Gasteiger partial charge on any atom is 0.254 e. The molecule has 0 heterocycles. The van der Waals surface area contributed by atoms with E-state index in [1.165, 1.54) is 0 Å². The van der Waals surface area contributed by atoms with Gasteiger partial charge in [-0.05, 0) is 30.7 Å². The van der Waals surface area contributed by atoms with Crippen LogP contribution in [0, 0.1) is 17.0 Å². The van der Waals surface area contributed by atoms with Crippen molar-refractivity contribution in [3.05, 3.63) is 29.3 Å². The highest BCUT2D eigenvalue weighted by molar-refractivity contribution is 5.95. The summed E-state index contributed by atoms with van der Waals surface area (Å²) in [7, 11) is 0. The molecular weight excluding hydrogens is 250 g/mol. The molecule has 1 aliphatic carbocycles. The van der Waals surface area contributed by atoms with Crippen molar-refractivity contribution in [3.8, 4) is 0 Å². The molecule has 3 nitrogen and oxygen atoms in total. The van der Waals surface area contributed by atoms with Gasteiger partial charge < -0.3 is 11.1 Å². The van der Waals surface area contributed by atoms with Crippen molar-refractivity contribution < 1.29 is 13.6 Å². The summed E-state index contributed by atoms with van der Waals surface area (Å²) in [6.07, 6.45) is 2.75. The molecule has 5 heteroatoms. The molecule has 19 heavy (non-hydrogen) atoms. The summed E-state index contributed by atoms with van der Waals surface area (Å²) in [4.78, 5) is 12.0. The van der Waals surface area contributed by atoms with E-state index < -0.39 is 17.5 Å². The highest BCUT2D eigenvalue weighted by Crippen LogP contribution is 2.37. The summed E-state index contributed by atoms with van der Waals surface area (Å²) in [5.41, 5.74) is 5.12. The molecule has 0 saturated heterocycles. The molecule has 1 unspecified atom stereocenters. The number of carbonyl (C=O) groups excluding carboxylic acids is 1. The minimum absolute atomic E-state index is 0.0353. The standard InChI is InChI=1S/C14H18F2N2O/c1-14(2)4-3-8(7-14)18-13(19)9-5-12(17)11(16)6-10(9)15/h5-6,8H,3-4,7,17H2,1-2H3,(H,18,19). The zero-order valence-corrected chi connectivity index (χ0v) is 11.1. The number of rotatable bonds is 2. The number of halogens is 2. The van der Waals surface area contributed by atoms with Gasteiger partial charge in [0.25, 0.3) is 5.91 Å². The average Bonchev–Trinajstić information content (AvgIpc) is 2.63. The Balaban J connectivity index is 2.11. The third-order valence-corrected chi connectivity index (χ3v) is 3.63. The van der Waals surface area contributed by atoms with E-state index in [-0.39, 0.29) is 22.7 Å². The molecule has 1 saturated carbocycles. The van der Waals surface area contributed by atoms with Gasteiger partial charge in [-0.1, -0.05) is 13.8 Å². The topological polar surface area (TPSA) is 55.1 Å². The van der Waals surface area contributed by atoms with E-state index in [2.05, 4.69) is 19.2 Å². The van der Waals surface area contributed by atoms with Gasteiger partial charge in [0, 0.05) is 12.1 Å². The van der Waals surface area contributed by atoms with Crippen LogP contribution in [0.25, 0.3) is 0 Å². The first-order valence-corrected chi connectivity index (χ1v) is 6.34. The predicted molar refractivity (Wildman–Crippen MR) is 69.7 cm³/mol. The lowest BCUT2D eigenvalue weighted by molar-refractivity contribution is 0.0932. The van der Waals surface area contributed by atoms with Gasteiger partial charge in [0.15, 0.2) is 0 Å². The summed E-state index contributed by atoms with van der Waals surface area (Å²) >= 11 is 0. The zero-order chi connectivity index (χ0) is 14.2. The van der Waals surface area contributed by atoms with Gasteiger partial charge in [-0.2, -0.15) is 0 Å². The Morgan fingerprint density at radius 2 is 2.05 bits per heavy atom. The Morgan fingerprint density at radius 1 is 1.37 bits per heavy atom. The Hall–Kier alpha value is -1.65. The van der Waals surface area contributed by atoms with Gasteiger partial charge in [0.1, 0.15) is 11.6 Å². The Bertz CT molecular complexity index is 514. The van der Waals surface area contributed by atoms with Crippen molar-refractivity contribution in [2.24, 2.45) is 5.41 Å². The van der Waals surface area contributed by atoms with Crippen LogP contribution in [0.15, 0.2) is 12.1 Å². The number of nitrogens with two attached hydrogens (primary N) is 1. The van der Waals surface area contributed by atoms with Crippen molar-refractivity contribution in [2.45, 2.75) is 39.2 Å². The number of hydrogen-bond donors (Lipinski definition) is 2. The third kappa shape index (κ3) is 3.03. The van der Waals surface area contributed by atoms with Crippen LogP contribution in [-0.4, -0.2) is 11.9 Å². The summed E-state index contributed by atoms with van der Waals surface area (Å²) in [6.45, 7) is 4.27. The Morgan fingerprint density at radius 3 is 2.63 bits per heavy atom. The molecule has 3 N–H and O–H groups in total. The molecule has 1 aromatic rings. The monoisotopic (exact) mass is 268 g/mol. The largest absolute Gasteiger partial charge is 0.396 e. The molecule has 104 valence electrons. The minimum Gasteiger partial charge on any atom is -0.396 e. The molecule has 1 amide bonds. The second-order valence-electron chi connectivity index (χ2n) is 5.93. The van der Waals surface area contributed by atoms with E-state index in [1.54, 1.807) is 0 Å². The fourth-order valence-corrected chi connectivity index (χ4v) is 2.56. The van der Waals surface area contributed by atoms with Gasteiger partial charge in [0.05, 0.1) is 11.3 Å². The molecule has 0 aliphatic heterocycles. The average molecular weight is 268 g/mol. The number of carbonyl (C=O) groups is 1. The van der Waals surface area contributed by atoms with Gasteiger partial charge >= 0.3 is 0 Å². The number of anilines is 1. The fourth-order valence-electron chi connectivity index (χ4n) is 2.56. The predicted octanol–water partition coefficient (Wildman–Crippen LogP) is 2.86. The lowest BCUT2D eigenvalue weighted by Crippen LogP contribution is -2.34. The second kappa shape index (κ2) is 4.79. The second-order valence-corrected chi connectivity index (χ2v) is 5.93. The molecule has 1 fully saturated rings. The highest BCUT2D eigenvalue weighted by atomic mass is 19.1. The van der Waals surface area contributed by atoms with Crippen LogP contribution in [0.2, 0.25) is 0 Å². The highest BCUT2D eigenvalue weighted by Gasteiger charge is 2.32. The molecule has 0 aromatic heterocycles. The first-order valence-electron chi connectivity index (χ1n) is 6.34. The number of nitrogens with one attached hydrogen (secondary N) is 1. The van der Waals surface area contributed by atoms with Crippen LogP contribution in [0.1, 0.15) is 43.5 Å². The lowest BCUT2D eigenvalue weighted by Gasteiger charge is -2.18. The molecule has 1 atom stereocenters. The van der Waals surface area contributed by atoms with E-state index in [4.69, 9.17) is 5.73 Å². The van der Waals surface area contributed by atoms with Crippen LogP contribution in [0.5, 0.6) is 0 Å². The summed E-state index contributed by atoms with van der Waals surface area (Å²) < 4.78 is 26.6. The van der Waals surface area contributed by atoms with Crippen molar-refractivity contribution in [1.29, 1.82) is 0 Å². The summed E-state index contributed by atoms with van der Waals surface area (Å²) in [6, 6.07) is 1.72. The van der Waals surface area contributed by atoms with Crippen molar-refractivity contribution in [3.63, 3.8) is 0 Å². The maximum atomic E-state index is 13.6. The van der Waals surface area contributed by atoms with E-state index in [9.17, 15) is 13.6 Å². The molecular formula is C14H18F2N2O. The Labute approximate surface area is 111 Å². The number of hydrogen-bond acceptors (Lipinski definition) is 2. The molecule has 1 aliphatic rings. The number of amides is 1. The van der Waals surface area contributed by atoms with Gasteiger partial charge in [0.2, 0.25) is 0 Å². The third-order valence-electron chi connectivity index (χ3n) is 3.63. The fraction of sp³-hybridized carbons (Fsp3) is 0.500. The molecule has 1 aromatic carbocycles.